The number of carboxylic acids is 1. The van der Waals surface area contributed by atoms with E-state index in [9.17, 15) is 4.79 Å². The number of aromatic nitrogens is 1. The number of nitrogens with one attached hydrogen (secondary N) is 1. The van der Waals surface area contributed by atoms with Crippen molar-refractivity contribution in [3.05, 3.63) is 22.8 Å². The van der Waals surface area contributed by atoms with Gasteiger partial charge in [-0.3, -0.25) is 0 Å². The highest BCUT2D eigenvalue weighted by Crippen LogP contribution is 2.17. The number of rotatable bonds is 5. The minimum absolute atomic E-state index is 0.0679. The lowest BCUT2D eigenvalue weighted by atomic mass is 10.2. The molecule has 6 heteroatoms. The third-order valence-corrected chi connectivity index (χ3v) is 2.61. The molecular formula is C9H11ClN2O2S. The van der Waals surface area contributed by atoms with Gasteiger partial charge in [-0.1, -0.05) is 11.6 Å². The maximum atomic E-state index is 10.8. The van der Waals surface area contributed by atoms with Crippen LogP contribution in [0.5, 0.6) is 0 Å². The van der Waals surface area contributed by atoms with E-state index in [4.69, 9.17) is 16.7 Å². The van der Waals surface area contributed by atoms with Crippen molar-refractivity contribution in [3.8, 4) is 0 Å². The molecule has 1 aromatic heterocycles. The summed E-state index contributed by atoms with van der Waals surface area (Å²) in [7, 11) is 0. The van der Waals surface area contributed by atoms with E-state index in [1.807, 2.05) is 6.26 Å². The van der Waals surface area contributed by atoms with Crippen LogP contribution in [0.3, 0.4) is 0 Å². The SMILES string of the molecule is CSCCNc1cc(C(=O)O)c(Cl)cn1. The molecule has 0 atom stereocenters. The van der Waals surface area contributed by atoms with Crippen LogP contribution in [-0.2, 0) is 0 Å². The molecule has 0 unspecified atom stereocenters. The van der Waals surface area contributed by atoms with Gasteiger partial charge < -0.3 is 10.4 Å². The Labute approximate surface area is 97.0 Å². The number of carboxylic acid groups (broad SMARTS) is 1. The summed E-state index contributed by atoms with van der Waals surface area (Å²) < 4.78 is 0. The fourth-order valence-electron chi connectivity index (χ4n) is 0.980. The monoisotopic (exact) mass is 246 g/mol. The van der Waals surface area contributed by atoms with Gasteiger partial charge in [0.05, 0.1) is 10.6 Å². The lowest BCUT2D eigenvalue weighted by Gasteiger charge is -2.05. The van der Waals surface area contributed by atoms with Crippen LogP contribution in [0.4, 0.5) is 5.82 Å². The van der Waals surface area contributed by atoms with Crippen LogP contribution in [-0.4, -0.2) is 34.6 Å². The number of hydrogen-bond acceptors (Lipinski definition) is 4. The largest absolute Gasteiger partial charge is 0.478 e. The first-order valence-electron chi connectivity index (χ1n) is 4.27. The van der Waals surface area contributed by atoms with Crippen molar-refractivity contribution in [1.29, 1.82) is 0 Å². The molecule has 0 aromatic carbocycles. The molecule has 82 valence electrons. The fraction of sp³-hybridized carbons (Fsp3) is 0.333. The lowest BCUT2D eigenvalue weighted by Crippen LogP contribution is -2.07. The molecule has 0 aliphatic heterocycles. The highest BCUT2D eigenvalue weighted by atomic mass is 35.5. The number of halogens is 1. The molecule has 0 saturated heterocycles. The van der Waals surface area contributed by atoms with Gasteiger partial charge in [-0.25, -0.2) is 9.78 Å². The zero-order valence-corrected chi connectivity index (χ0v) is 9.73. The predicted octanol–water partition coefficient (Wildman–Crippen LogP) is 2.21. The molecule has 0 bridgehead atoms. The van der Waals surface area contributed by atoms with Gasteiger partial charge >= 0.3 is 5.97 Å². The van der Waals surface area contributed by atoms with Gasteiger partial charge in [0.1, 0.15) is 5.82 Å². The quantitative estimate of drug-likeness (QED) is 0.780. The van der Waals surface area contributed by atoms with Crippen molar-refractivity contribution < 1.29 is 9.90 Å². The van der Waals surface area contributed by atoms with E-state index < -0.39 is 5.97 Å². The second-order valence-electron chi connectivity index (χ2n) is 2.77. The Balaban J connectivity index is 2.74. The number of hydrogen-bond donors (Lipinski definition) is 2. The molecule has 0 aliphatic rings. The van der Waals surface area contributed by atoms with Crippen molar-refractivity contribution >= 4 is 35.1 Å². The second kappa shape index (κ2) is 5.82. The highest BCUT2D eigenvalue weighted by Gasteiger charge is 2.09. The fourth-order valence-corrected chi connectivity index (χ4v) is 1.47. The second-order valence-corrected chi connectivity index (χ2v) is 4.17. The summed E-state index contributed by atoms with van der Waals surface area (Å²) in [5.41, 5.74) is 0.0679. The Morgan fingerprint density at radius 1 is 1.73 bits per heavy atom. The van der Waals surface area contributed by atoms with Crippen molar-refractivity contribution in [2.75, 3.05) is 23.9 Å². The van der Waals surface area contributed by atoms with E-state index in [0.717, 1.165) is 12.3 Å². The molecule has 4 nitrogen and oxygen atoms in total. The average Bonchev–Trinajstić information content (AvgIpc) is 2.20. The number of thioether (sulfide) groups is 1. The molecule has 1 aromatic rings. The van der Waals surface area contributed by atoms with Crippen LogP contribution in [0, 0.1) is 0 Å². The maximum Gasteiger partial charge on any atom is 0.337 e. The summed E-state index contributed by atoms with van der Waals surface area (Å²) in [6.45, 7) is 0.745. The predicted molar refractivity (Wildman–Crippen MR) is 63.1 cm³/mol. The van der Waals surface area contributed by atoms with Crippen LogP contribution in [0.25, 0.3) is 0 Å². The molecule has 1 heterocycles. The third-order valence-electron chi connectivity index (χ3n) is 1.70. The number of carbonyl (C=O) groups is 1. The molecular weight excluding hydrogens is 236 g/mol. The van der Waals surface area contributed by atoms with Crippen molar-refractivity contribution in [2.45, 2.75) is 0 Å². The molecule has 0 amide bonds. The van der Waals surface area contributed by atoms with Gasteiger partial charge in [0.15, 0.2) is 0 Å². The molecule has 1 rings (SSSR count). The number of pyridine rings is 1. The lowest BCUT2D eigenvalue weighted by molar-refractivity contribution is 0.0697. The van der Waals surface area contributed by atoms with Gasteiger partial charge in [0, 0.05) is 18.5 Å². The maximum absolute atomic E-state index is 10.8. The van der Waals surface area contributed by atoms with Crippen LogP contribution in [0.15, 0.2) is 12.3 Å². The zero-order chi connectivity index (χ0) is 11.3. The molecule has 0 fully saturated rings. The van der Waals surface area contributed by atoms with Gasteiger partial charge in [-0.05, 0) is 12.3 Å². The Morgan fingerprint density at radius 3 is 3.07 bits per heavy atom. The summed E-state index contributed by atoms with van der Waals surface area (Å²) >= 11 is 7.38. The summed E-state index contributed by atoms with van der Waals surface area (Å²) in [6, 6.07) is 1.44. The first-order chi connectivity index (χ1) is 7.15. The minimum atomic E-state index is -1.05. The Kier molecular flexibility index (Phi) is 4.71. The van der Waals surface area contributed by atoms with Gasteiger partial charge in [-0.2, -0.15) is 11.8 Å². The zero-order valence-electron chi connectivity index (χ0n) is 8.16. The smallest absolute Gasteiger partial charge is 0.337 e. The normalized spacial score (nSPS) is 10.0. The molecule has 15 heavy (non-hydrogen) atoms. The Bertz CT molecular complexity index is 360. The van der Waals surface area contributed by atoms with Crippen molar-refractivity contribution in [2.24, 2.45) is 0 Å². The van der Waals surface area contributed by atoms with Crippen LogP contribution in [0.2, 0.25) is 5.02 Å². The minimum Gasteiger partial charge on any atom is -0.478 e. The Hall–Kier alpha value is -0.940. The third kappa shape index (κ3) is 3.60. The summed E-state index contributed by atoms with van der Waals surface area (Å²) in [6.07, 6.45) is 3.34. The molecule has 0 spiro atoms. The van der Waals surface area contributed by atoms with Crippen LogP contribution < -0.4 is 5.32 Å². The van der Waals surface area contributed by atoms with E-state index in [1.165, 1.54) is 12.3 Å². The molecule has 0 aliphatic carbocycles. The number of aromatic carboxylic acids is 1. The average molecular weight is 247 g/mol. The number of nitrogens with zero attached hydrogens (tertiary/aromatic N) is 1. The van der Waals surface area contributed by atoms with E-state index >= 15 is 0 Å². The van der Waals surface area contributed by atoms with Crippen LogP contribution in [0.1, 0.15) is 10.4 Å². The summed E-state index contributed by atoms with van der Waals surface area (Å²) in [5.74, 6) is 0.424. The van der Waals surface area contributed by atoms with Gasteiger partial charge in [-0.15, -0.1) is 0 Å². The standard InChI is InChI=1S/C9H11ClN2O2S/c1-15-3-2-11-8-4-6(9(13)14)7(10)5-12-8/h4-5H,2-3H2,1H3,(H,11,12)(H,13,14). The highest BCUT2D eigenvalue weighted by molar-refractivity contribution is 7.98. The van der Waals surface area contributed by atoms with E-state index in [0.29, 0.717) is 5.82 Å². The van der Waals surface area contributed by atoms with E-state index in [1.54, 1.807) is 11.8 Å². The Morgan fingerprint density at radius 2 is 2.47 bits per heavy atom. The van der Waals surface area contributed by atoms with E-state index in [-0.39, 0.29) is 10.6 Å². The van der Waals surface area contributed by atoms with Crippen molar-refractivity contribution in [3.63, 3.8) is 0 Å². The van der Waals surface area contributed by atoms with Crippen molar-refractivity contribution in [1.82, 2.24) is 4.98 Å². The van der Waals surface area contributed by atoms with Crippen LogP contribution >= 0.6 is 23.4 Å². The first-order valence-corrected chi connectivity index (χ1v) is 6.04. The van der Waals surface area contributed by atoms with Gasteiger partial charge in [0.2, 0.25) is 0 Å². The summed E-state index contributed by atoms with van der Waals surface area (Å²) in [4.78, 5) is 14.7. The molecule has 0 saturated carbocycles. The topological polar surface area (TPSA) is 62.2 Å². The van der Waals surface area contributed by atoms with E-state index in [2.05, 4.69) is 10.3 Å². The summed E-state index contributed by atoms with van der Waals surface area (Å²) in [5, 5.41) is 12.0. The first kappa shape index (κ1) is 12.1. The van der Waals surface area contributed by atoms with Gasteiger partial charge in [0.25, 0.3) is 0 Å². The molecule has 2 N–H and O–H groups in total. The molecule has 0 radical (unpaired) electrons. The number of anilines is 1.